The lowest BCUT2D eigenvalue weighted by Gasteiger charge is -2.29. The Balaban J connectivity index is 2.14. The number of rotatable bonds is 3. The molecule has 0 saturated carbocycles. The minimum atomic E-state index is -2.13. The number of carbonyl (C=O) groups excluding carboxylic acids is 1. The topological polar surface area (TPSA) is 101 Å². The Morgan fingerprint density at radius 3 is 2.63 bits per heavy atom. The number of piperidine rings is 1. The lowest BCUT2D eigenvalue weighted by Crippen LogP contribution is -2.59. The summed E-state index contributed by atoms with van der Waals surface area (Å²) in [5, 5.41) is 2.44. The van der Waals surface area contributed by atoms with E-state index in [0.717, 1.165) is 10.6 Å². The van der Waals surface area contributed by atoms with Gasteiger partial charge < -0.3 is 0 Å². The van der Waals surface area contributed by atoms with Crippen LogP contribution in [0.3, 0.4) is 0 Å². The van der Waals surface area contributed by atoms with Gasteiger partial charge >= 0.3 is 19.1 Å². The number of hydrazine groups is 1. The van der Waals surface area contributed by atoms with Crippen molar-refractivity contribution in [1.82, 2.24) is 5.01 Å². The van der Waals surface area contributed by atoms with Gasteiger partial charge in [0, 0.05) is 13.0 Å². The molecule has 102 valence electrons. The average molecular weight is 281 g/mol. The Morgan fingerprint density at radius 2 is 2.00 bits per heavy atom. The van der Waals surface area contributed by atoms with Gasteiger partial charge in [-0.3, -0.25) is 15.5 Å². The van der Waals surface area contributed by atoms with E-state index in [-0.39, 0.29) is 0 Å². The van der Waals surface area contributed by atoms with Crippen LogP contribution in [0.4, 0.5) is 5.69 Å². The molecular weight excluding hydrogens is 263 g/mol. The van der Waals surface area contributed by atoms with Gasteiger partial charge in [0.25, 0.3) is 0 Å². The maximum absolute atomic E-state index is 12.3. The summed E-state index contributed by atoms with van der Waals surface area (Å²) in [7, 11) is -2.13. The van der Waals surface area contributed by atoms with Crippen molar-refractivity contribution >= 4 is 19.5 Å². The number of anilines is 1. The second kappa shape index (κ2) is 5.25. The quantitative estimate of drug-likeness (QED) is 0.440. The molecule has 19 heavy (non-hydrogen) atoms. The van der Waals surface area contributed by atoms with Crippen molar-refractivity contribution in [1.29, 1.82) is 0 Å². The number of aryl methyl sites for hydroxylation is 1. The van der Waals surface area contributed by atoms with Crippen molar-refractivity contribution in [3.8, 4) is 0 Å². The van der Waals surface area contributed by atoms with Gasteiger partial charge in [0.2, 0.25) is 0 Å². The number of carbonyl (C=O) groups is 1. The fourth-order valence-corrected chi connectivity index (χ4v) is 3.26. The van der Waals surface area contributed by atoms with Gasteiger partial charge in [0.05, 0.1) is 5.69 Å². The molecule has 7 heteroatoms. The largest absolute Gasteiger partial charge is 0.492 e. The zero-order valence-corrected chi connectivity index (χ0v) is 11.7. The van der Waals surface area contributed by atoms with E-state index >= 15 is 0 Å². The first kappa shape index (κ1) is 13.9. The molecule has 2 rings (SSSR count). The van der Waals surface area contributed by atoms with E-state index in [1.807, 2.05) is 19.1 Å². The van der Waals surface area contributed by atoms with E-state index in [4.69, 9.17) is 11.6 Å². The maximum Gasteiger partial charge on any atom is 0.492 e. The van der Waals surface area contributed by atoms with Gasteiger partial charge in [-0.15, -0.1) is 0 Å². The molecule has 0 aliphatic carbocycles. The fraction of sp³-hybridized carbons (Fsp3) is 0.417. The van der Waals surface area contributed by atoms with Crippen molar-refractivity contribution in [2.24, 2.45) is 11.6 Å². The summed E-state index contributed by atoms with van der Waals surface area (Å²) in [4.78, 5) is 12.0. The molecule has 6 nitrogen and oxygen atoms in total. The van der Waals surface area contributed by atoms with Crippen LogP contribution in [0.2, 0.25) is 0 Å². The van der Waals surface area contributed by atoms with Crippen LogP contribution in [-0.2, 0) is 9.36 Å². The Kier molecular flexibility index (Phi) is 3.85. The Morgan fingerprint density at radius 1 is 1.37 bits per heavy atom. The molecule has 0 bridgehead atoms. The molecule has 1 unspecified atom stereocenters. The van der Waals surface area contributed by atoms with E-state index in [9.17, 15) is 9.36 Å². The van der Waals surface area contributed by atoms with Crippen LogP contribution < -0.4 is 16.7 Å². The minimum absolute atomic E-state index is 0.369. The van der Waals surface area contributed by atoms with E-state index in [1.165, 1.54) is 0 Å². The number of hydrogen-bond acceptors (Lipinski definition) is 4. The Hall–Kier alpha value is -1.49. The van der Waals surface area contributed by atoms with Crippen molar-refractivity contribution in [2.75, 3.05) is 11.6 Å². The second-order valence-electron chi connectivity index (χ2n) is 4.80. The molecule has 1 saturated heterocycles. The molecule has 5 N–H and O–H groups in total. The normalized spacial score (nSPS) is 24.3. The standard InChI is InChI=1S/C12H18N4O2P/c1-9-3-5-10(6-4-9)15-19(18)12(13)7-2-8-16(14)11(12)17/h3-6H,2,7-8,13-14H2,1H3,(H,15,18)/q+1/t12-/m0/s1. The monoisotopic (exact) mass is 281 g/mol. The van der Waals surface area contributed by atoms with Gasteiger partial charge in [0.1, 0.15) is 0 Å². The lowest BCUT2D eigenvalue weighted by atomic mass is 10.1. The minimum Gasteiger partial charge on any atom is -0.275 e. The predicted octanol–water partition coefficient (Wildman–Crippen LogP) is 1.30. The molecule has 0 spiro atoms. The molecule has 2 atom stereocenters. The summed E-state index contributed by atoms with van der Waals surface area (Å²) in [5.41, 5.74) is 7.78. The number of hydrogen-bond donors (Lipinski definition) is 3. The third-order valence-electron chi connectivity index (χ3n) is 3.23. The van der Waals surface area contributed by atoms with Crippen LogP contribution in [-0.4, -0.2) is 22.7 Å². The number of nitrogens with zero attached hydrogens (tertiary/aromatic N) is 1. The zero-order valence-electron chi connectivity index (χ0n) is 10.8. The molecule has 1 fully saturated rings. The molecule has 1 heterocycles. The molecule has 1 aromatic rings. The predicted molar refractivity (Wildman–Crippen MR) is 74.5 cm³/mol. The molecule has 1 aliphatic heterocycles. The second-order valence-corrected chi connectivity index (χ2v) is 6.41. The third-order valence-corrected chi connectivity index (χ3v) is 4.83. The SMILES string of the molecule is Cc1ccc(N[P+](=O)[C@@]2(N)CCCN(N)C2=O)cc1. The van der Waals surface area contributed by atoms with E-state index in [1.54, 1.807) is 12.1 Å². The number of nitrogens with two attached hydrogens (primary N) is 2. The van der Waals surface area contributed by atoms with Crippen molar-refractivity contribution in [2.45, 2.75) is 25.0 Å². The molecule has 0 aromatic heterocycles. The molecule has 1 amide bonds. The van der Waals surface area contributed by atoms with E-state index in [2.05, 4.69) is 5.09 Å². The highest BCUT2D eigenvalue weighted by molar-refractivity contribution is 7.49. The Labute approximate surface area is 112 Å². The molecule has 1 aliphatic rings. The molecular formula is C12H18N4O2P+. The summed E-state index contributed by atoms with van der Waals surface area (Å²) in [5.74, 6) is 5.08. The fourth-order valence-electron chi connectivity index (χ4n) is 2.01. The highest BCUT2D eigenvalue weighted by Gasteiger charge is 2.56. The van der Waals surface area contributed by atoms with Crippen LogP contribution in [0.1, 0.15) is 18.4 Å². The highest BCUT2D eigenvalue weighted by Crippen LogP contribution is 2.41. The summed E-state index contributed by atoms with van der Waals surface area (Å²) >= 11 is 0. The lowest BCUT2D eigenvalue weighted by molar-refractivity contribution is -0.136. The van der Waals surface area contributed by atoms with E-state index < -0.39 is 19.1 Å². The van der Waals surface area contributed by atoms with Crippen LogP contribution >= 0.6 is 7.95 Å². The smallest absolute Gasteiger partial charge is 0.275 e. The van der Waals surface area contributed by atoms with Crippen molar-refractivity contribution in [3.05, 3.63) is 29.8 Å². The number of amides is 1. The van der Waals surface area contributed by atoms with Crippen LogP contribution in [0.5, 0.6) is 0 Å². The van der Waals surface area contributed by atoms with Gasteiger partial charge in [-0.25, -0.2) is 5.84 Å². The first-order valence-electron chi connectivity index (χ1n) is 6.10. The van der Waals surface area contributed by atoms with Crippen molar-refractivity contribution < 1.29 is 9.36 Å². The van der Waals surface area contributed by atoms with Crippen molar-refractivity contribution in [3.63, 3.8) is 0 Å². The van der Waals surface area contributed by atoms with Crippen LogP contribution in [0.25, 0.3) is 0 Å². The van der Waals surface area contributed by atoms with Gasteiger partial charge in [0.15, 0.2) is 0 Å². The zero-order chi connectivity index (χ0) is 14.0. The average Bonchev–Trinajstić information content (AvgIpc) is 2.38. The van der Waals surface area contributed by atoms with Gasteiger partial charge in [-0.2, -0.15) is 5.09 Å². The summed E-state index contributed by atoms with van der Waals surface area (Å²) in [6, 6.07) is 7.40. The summed E-state index contributed by atoms with van der Waals surface area (Å²) < 4.78 is 12.3. The highest BCUT2D eigenvalue weighted by atomic mass is 31.1. The first-order valence-corrected chi connectivity index (χ1v) is 7.36. The summed E-state index contributed by atoms with van der Waals surface area (Å²) in [6.45, 7) is 2.41. The summed E-state index contributed by atoms with van der Waals surface area (Å²) in [6.07, 6.45) is 1.02. The third kappa shape index (κ3) is 2.76. The van der Waals surface area contributed by atoms with Gasteiger partial charge in [-0.05, 0) is 30.0 Å². The first-order chi connectivity index (χ1) is 8.93. The number of benzene rings is 1. The molecule has 1 aromatic carbocycles. The number of nitrogens with one attached hydrogen (secondary N) is 1. The Bertz CT molecular complexity index is 505. The maximum atomic E-state index is 12.3. The molecule has 0 radical (unpaired) electrons. The van der Waals surface area contributed by atoms with Crippen LogP contribution in [0, 0.1) is 6.92 Å². The van der Waals surface area contributed by atoms with E-state index in [0.29, 0.717) is 25.1 Å². The van der Waals surface area contributed by atoms with Gasteiger partial charge in [-0.1, -0.05) is 17.7 Å². The van der Waals surface area contributed by atoms with Crippen LogP contribution in [0.15, 0.2) is 24.3 Å².